The zero-order valence-electron chi connectivity index (χ0n) is 13.5. The van der Waals surface area contributed by atoms with Gasteiger partial charge in [0.2, 0.25) is 0 Å². The number of methoxy groups -OCH3 is 1. The Morgan fingerprint density at radius 1 is 0.955 bits per heavy atom. The second-order valence-electron chi connectivity index (χ2n) is 5.01. The maximum atomic E-state index is 11.4. The molecule has 1 aliphatic rings. The molecule has 0 saturated carbocycles. The molecule has 0 aromatic carbocycles. The van der Waals surface area contributed by atoms with Crippen molar-refractivity contribution in [1.29, 1.82) is 0 Å². The Morgan fingerprint density at radius 3 is 1.91 bits per heavy atom. The van der Waals surface area contributed by atoms with E-state index in [1.807, 2.05) is 6.92 Å². The maximum Gasteiger partial charge on any atom is 0.303 e. The van der Waals surface area contributed by atoms with E-state index >= 15 is 0 Å². The van der Waals surface area contributed by atoms with E-state index in [1.54, 1.807) is 0 Å². The number of hydrogen-bond donors (Lipinski definition) is 0. The molecule has 1 aliphatic heterocycles. The fraction of sp³-hybridized carbons (Fsp3) is 0.786. The number of carbonyl (C=O) groups is 3. The fourth-order valence-corrected chi connectivity index (χ4v) is 5.08. The van der Waals surface area contributed by atoms with Crippen molar-refractivity contribution in [3.63, 3.8) is 0 Å². The Balaban J connectivity index is 3.10. The molecule has 0 spiro atoms. The lowest BCUT2D eigenvalue weighted by atomic mass is 10.1. The monoisotopic (exact) mass is 334 g/mol. The number of esters is 3. The SMILES string of the molecule is CC[P@]1C[C@@H](OC(C)=O)[C@H](OC)[C@@H](OC(C)=O)[C@@H]1OC(C)=O. The summed E-state index contributed by atoms with van der Waals surface area (Å²) >= 11 is 0. The molecular weight excluding hydrogens is 311 g/mol. The Kier molecular flexibility index (Phi) is 7.23. The highest BCUT2D eigenvalue weighted by molar-refractivity contribution is 7.58. The van der Waals surface area contributed by atoms with E-state index in [-0.39, 0.29) is 0 Å². The van der Waals surface area contributed by atoms with Crippen molar-refractivity contribution in [2.24, 2.45) is 0 Å². The van der Waals surface area contributed by atoms with Crippen LogP contribution in [0.5, 0.6) is 0 Å². The Bertz CT molecular complexity index is 425. The van der Waals surface area contributed by atoms with Gasteiger partial charge in [0.05, 0.1) is 0 Å². The summed E-state index contributed by atoms with van der Waals surface area (Å²) in [5.41, 5.74) is 0. The summed E-state index contributed by atoms with van der Waals surface area (Å²) in [6.45, 7) is 5.88. The topological polar surface area (TPSA) is 88.1 Å². The van der Waals surface area contributed by atoms with Crippen LogP contribution in [0.15, 0.2) is 0 Å². The lowest BCUT2D eigenvalue weighted by Gasteiger charge is -2.44. The molecule has 0 N–H and O–H groups in total. The van der Waals surface area contributed by atoms with Crippen molar-refractivity contribution in [2.45, 2.75) is 51.9 Å². The molecule has 0 aliphatic carbocycles. The summed E-state index contributed by atoms with van der Waals surface area (Å²) < 4.78 is 21.4. The third-order valence-corrected chi connectivity index (χ3v) is 6.09. The molecule has 0 unspecified atom stereocenters. The first-order valence-electron chi connectivity index (χ1n) is 7.08. The largest absolute Gasteiger partial charge is 0.459 e. The molecule has 0 bridgehead atoms. The van der Waals surface area contributed by atoms with Gasteiger partial charge in [0, 0.05) is 34.0 Å². The summed E-state index contributed by atoms with van der Waals surface area (Å²) in [6.07, 6.45) is -0.679. The molecule has 0 aromatic heterocycles. The van der Waals surface area contributed by atoms with Gasteiger partial charge in [-0.05, 0) is 6.16 Å². The quantitative estimate of drug-likeness (QED) is 0.425. The van der Waals surface area contributed by atoms with Crippen molar-refractivity contribution in [3.8, 4) is 0 Å². The molecule has 126 valence electrons. The minimum absolute atomic E-state index is 0.425. The zero-order valence-corrected chi connectivity index (χ0v) is 14.4. The minimum atomic E-state index is -0.815. The molecule has 1 heterocycles. The average Bonchev–Trinajstić information content (AvgIpc) is 2.39. The van der Waals surface area contributed by atoms with Crippen molar-refractivity contribution in [2.75, 3.05) is 19.4 Å². The van der Waals surface area contributed by atoms with Gasteiger partial charge in [0.25, 0.3) is 0 Å². The Morgan fingerprint density at radius 2 is 1.50 bits per heavy atom. The molecule has 1 rings (SSSR count). The van der Waals surface area contributed by atoms with Crippen LogP contribution in [0.25, 0.3) is 0 Å². The lowest BCUT2D eigenvalue weighted by Crippen LogP contribution is -2.55. The van der Waals surface area contributed by atoms with Crippen LogP contribution in [0.2, 0.25) is 0 Å². The highest BCUT2D eigenvalue weighted by Gasteiger charge is 2.49. The number of ether oxygens (including phenoxy) is 4. The van der Waals surface area contributed by atoms with Crippen LogP contribution in [0.3, 0.4) is 0 Å². The van der Waals surface area contributed by atoms with Gasteiger partial charge < -0.3 is 18.9 Å². The van der Waals surface area contributed by atoms with Crippen LogP contribution in [-0.2, 0) is 33.3 Å². The van der Waals surface area contributed by atoms with Gasteiger partial charge in [0.1, 0.15) is 12.2 Å². The van der Waals surface area contributed by atoms with Crippen molar-refractivity contribution < 1.29 is 33.3 Å². The molecule has 7 nitrogen and oxygen atoms in total. The maximum absolute atomic E-state index is 11.4. The predicted molar refractivity (Wildman–Crippen MR) is 79.8 cm³/mol. The van der Waals surface area contributed by atoms with E-state index in [0.29, 0.717) is 6.16 Å². The van der Waals surface area contributed by atoms with Crippen LogP contribution in [0.1, 0.15) is 27.7 Å². The second-order valence-corrected chi connectivity index (χ2v) is 7.69. The lowest BCUT2D eigenvalue weighted by molar-refractivity contribution is -0.184. The molecule has 0 aromatic rings. The van der Waals surface area contributed by atoms with Crippen LogP contribution in [-0.4, -0.2) is 61.5 Å². The van der Waals surface area contributed by atoms with Crippen molar-refractivity contribution in [3.05, 3.63) is 0 Å². The first-order chi connectivity index (χ1) is 10.3. The molecule has 0 amide bonds. The van der Waals surface area contributed by atoms with Gasteiger partial charge in [-0.3, -0.25) is 14.4 Å². The van der Waals surface area contributed by atoms with Gasteiger partial charge in [-0.1, -0.05) is 14.8 Å². The number of rotatable bonds is 5. The van der Waals surface area contributed by atoms with Crippen LogP contribution in [0, 0.1) is 0 Å². The van der Waals surface area contributed by atoms with Gasteiger partial charge in [-0.15, -0.1) is 0 Å². The molecule has 0 radical (unpaired) electrons. The summed E-state index contributed by atoms with van der Waals surface area (Å²) in [4.78, 5) is 34.1. The predicted octanol–water partition coefficient (Wildman–Crippen LogP) is 1.27. The average molecular weight is 334 g/mol. The highest BCUT2D eigenvalue weighted by atomic mass is 31.1. The number of hydrogen-bond acceptors (Lipinski definition) is 7. The molecule has 1 saturated heterocycles. The van der Waals surface area contributed by atoms with Crippen LogP contribution >= 0.6 is 7.92 Å². The van der Waals surface area contributed by atoms with Gasteiger partial charge >= 0.3 is 17.9 Å². The highest BCUT2D eigenvalue weighted by Crippen LogP contribution is 2.50. The van der Waals surface area contributed by atoms with E-state index in [4.69, 9.17) is 18.9 Å². The fourth-order valence-electron chi connectivity index (χ4n) is 2.56. The van der Waals surface area contributed by atoms with Gasteiger partial charge in [-0.2, -0.15) is 0 Å². The van der Waals surface area contributed by atoms with Gasteiger partial charge in [-0.25, -0.2) is 0 Å². The van der Waals surface area contributed by atoms with Crippen LogP contribution < -0.4 is 0 Å². The minimum Gasteiger partial charge on any atom is -0.459 e. The third-order valence-electron chi connectivity index (χ3n) is 3.33. The summed E-state index contributed by atoms with van der Waals surface area (Å²) in [5, 5.41) is 0. The van der Waals surface area contributed by atoms with E-state index in [2.05, 4.69) is 0 Å². The van der Waals surface area contributed by atoms with Crippen LogP contribution in [0.4, 0.5) is 0 Å². The molecule has 1 fully saturated rings. The summed E-state index contributed by atoms with van der Waals surface area (Å²) in [7, 11) is 0.631. The molecule has 5 atom stereocenters. The number of carbonyl (C=O) groups excluding carboxylic acids is 3. The third kappa shape index (κ3) is 4.92. The van der Waals surface area contributed by atoms with E-state index in [0.717, 1.165) is 6.16 Å². The second kappa shape index (κ2) is 8.44. The Labute approximate surface area is 131 Å². The summed E-state index contributed by atoms with van der Waals surface area (Å²) in [6, 6.07) is 0. The van der Waals surface area contributed by atoms with Gasteiger partial charge in [0.15, 0.2) is 11.9 Å². The van der Waals surface area contributed by atoms with E-state index in [9.17, 15) is 14.4 Å². The molecule has 22 heavy (non-hydrogen) atoms. The summed E-state index contributed by atoms with van der Waals surface area (Å²) in [5.74, 6) is -1.92. The molecule has 8 heteroatoms. The smallest absolute Gasteiger partial charge is 0.303 e. The van der Waals surface area contributed by atoms with E-state index in [1.165, 1.54) is 27.9 Å². The normalized spacial score (nSPS) is 31.2. The molecular formula is C14H23O7P. The van der Waals surface area contributed by atoms with Crippen molar-refractivity contribution >= 4 is 25.8 Å². The van der Waals surface area contributed by atoms with E-state index < -0.39 is 50.0 Å². The first kappa shape index (κ1) is 18.8. The first-order valence-corrected chi connectivity index (χ1v) is 8.86. The Hall–Kier alpha value is -1.20. The van der Waals surface area contributed by atoms with Crippen molar-refractivity contribution in [1.82, 2.24) is 0 Å². The zero-order chi connectivity index (χ0) is 16.9. The standard InChI is InChI=1S/C14H23O7P/c1-6-22-7-11(19-8(2)15)12(18-5)13(20-9(3)16)14(22)21-10(4)17/h11-14H,6-7H2,1-5H3/t11-,12+,13-,14-,22-/m1/s1.